The van der Waals surface area contributed by atoms with Crippen molar-refractivity contribution in [3.63, 3.8) is 0 Å². The van der Waals surface area contributed by atoms with E-state index < -0.39 is 17.8 Å². The van der Waals surface area contributed by atoms with Crippen LogP contribution in [0.15, 0.2) is 48.5 Å². The van der Waals surface area contributed by atoms with Gasteiger partial charge in [0.25, 0.3) is 0 Å². The molecule has 0 aliphatic carbocycles. The van der Waals surface area contributed by atoms with Gasteiger partial charge < -0.3 is 10.6 Å². The van der Waals surface area contributed by atoms with Crippen LogP contribution in [-0.4, -0.2) is 29.1 Å². The SMILES string of the molecule is O=C(Nc1ccccc1C(F)(F)F)NC1C[C@@H]2CCC[C@@H](C1)N2Cc1ccc(F)cc1. The Labute approximate surface area is 178 Å². The van der Waals surface area contributed by atoms with Gasteiger partial charge in [0.15, 0.2) is 0 Å². The Morgan fingerprint density at radius 3 is 2.29 bits per heavy atom. The van der Waals surface area contributed by atoms with E-state index in [2.05, 4.69) is 15.5 Å². The Balaban J connectivity index is 1.38. The molecule has 0 saturated carbocycles. The zero-order valence-electron chi connectivity index (χ0n) is 17.0. The topological polar surface area (TPSA) is 44.4 Å². The van der Waals surface area contributed by atoms with Crippen LogP contribution in [-0.2, 0) is 12.7 Å². The molecule has 2 fully saturated rings. The largest absolute Gasteiger partial charge is 0.418 e. The molecule has 31 heavy (non-hydrogen) atoms. The van der Waals surface area contributed by atoms with Gasteiger partial charge in [0, 0.05) is 24.7 Å². The highest BCUT2D eigenvalue weighted by Crippen LogP contribution is 2.36. The van der Waals surface area contributed by atoms with Gasteiger partial charge in [-0.05, 0) is 55.5 Å². The first-order valence-corrected chi connectivity index (χ1v) is 10.5. The molecular weight excluding hydrogens is 410 g/mol. The first kappa shape index (κ1) is 21.6. The average molecular weight is 435 g/mol. The van der Waals surface area contributed by atoms with Crippen molar-refractivity contribution in [1.29, 1.82) is 0 Å². The fourth-order valence-corrected chi connectivity index (χ4v) is 4.84. The van der Waals surface area contributed by atoms with Crippen molar-refractivity contribution in [3.8, 4) is 0 Å². The van der Waals surface area contributed by atoms with Crippen molar-refractivity contribution in [2.45, 2.75) is 63.0 Å². The van der Waals surface area contributed by atoms with Crippen LogP contribution in [0.2, 0.25) is 0 Å². The molecule has 0 unspecified atom stereocenters. The number of piperidine rings is 2. The van der Waals surface area contributed by atoms with Crippen LogP contribution >= 0.6 is 0 Å². The Bertz CT molecular complexity index is 902. The quantitative estimate of drug-likeness (QED) is 0.619. The third kappa shape index (κ3) is 5.18. The number of carbonyl (C=O) groups is 1. The summed E-state index contributed by atoms with van der Waals surface area (Å²) in [5.41, 5.74) is -0.0659. The second kappa shape index (κ2) is 8.86. The van der Waals surface area contributed by atoms with Crippen LogP contribution in [0.4, 0.5) is 28.0 Å². The third-order valence-corrected chi connectivity index (χ3v) is 6.22. The number of benzene rings is 2. The molecule has 0 spiro atoms. The van der Waals surface area contributed by atoms with Gasteiger partial charge in [0.1, 0.15) is 5.82 Å². The van der Waals surface area contributed by atoms with Crippen LogP contribution in [0.1, 0.15) is 43.2 Å². The molecule has 0 aromatic heterocycles. The number of rotatable bonds is 4. The molecule has 2 N–H and O–H groups in total. The number of alkyl halides is 3. The molecule has 8 heteroatoms. The van der Waals surface area contributed by atoms with E-state index in [9.17, 15) is 22.4 Å². The maximum Gasteiger partial charge on any atom is 0.418 e. The summed E-state index contributed by atoms with van der Waals surface area (Å²) < 4.78 is 52.7. The van der Waals surface area contributed by atoms with Crippen LogP contribution in [0.25, 0.3) is 0 Å². The van der Waals surface area contributed by atoms with E-state index in [1.807, 2.05) is 0 Å². The van der Waals surface area contributed by atoms with Gasteiger partial charge in [-0.1, -0.05) is 30.7 Å². The molecular formula is C23H25F4N3O. The van der Waals surface area contributed by atoms with Gasteiger partial charge in [0.2, 0.25) is 0 Å². The fourth-order valence-electron chi connectivity index (χ4n) is 4.84. The summed E-state index contributed by atoms with van der Waals surface area (Å²) in [4.78, 5) is 14.9. The van der Waals surface area contributed by atoms with Crippen molar-refractivity contribution in [3.05, 3.63) is 65.5 Å². The highest BCUT2D eigenvalue weighted by Gasteiger charge is 2.39. The predicted octanol–water partition coefficient (Wildman–Crippen LogP) is 5.55. The van der Waals surface area contributed by atoms with Gasteiger partial charge in [0.05, 0.1) is 11.3 Å². The number of anilines is 1. The number of urea groups is 1. The van der Waals surface area contributed by atoms with E-state index in [1.165, 1.54) is 30.3 Å². The number of nitrogens with zero attached hydrogens (tertiary/aromatic N) is 1. The van der Waals surface area contributed by atoms with Crippen molar-refractivity contribution < 1.29 is 22.4 Å². The maximum absolute atomic E-state index is 13.2. The lowest BCUT2D eigenvalue weighted by molar-refractivity contribution is -0.136. The molecule has 166 valence electrons. The van der Waals surface area contributed by atoms with Crippen molar-refractivity contribution in [2.75, 3.05) is 5.32 Å². The lowest BCUT2D eigenvalue weighted by atomic mass is 9.81. The van der Waals surface area contributed by atoms with Gasteiger partial charge in [-0.3, -0.25) is 4.90 Å². The number of para-hydroxylation sites is 1. The minimum Gasteiger partial charge on any atom is -0.335 e. The minimum absolute atomic E-state index is 0.0992. The molecule has 4 nitrogen and oxygen atoms in total. The molecule has 4 rings (SSSR count). The number of halogens is 4. The number of hydrogen-bond acceptors (Lipinski definition) is 2. The van der Waals surface area contributed by atoms with E-state index in [-0.39, 0.29) is 29.6 Å². The highest BCUT2D eigenvalue weighted by atomic mass is 19.4. The van der Waals surface area contributed by atoms with E-state index in [0.717, 1.165) is 50.3 Å². The molecule has 2 amide bonds. The number of carbonyl (C=O) groups excluding carboxylic acids is 1. The highest BCUT2D eigenvalue weighted by molar-refractivity contribution is 5.90. The summed E-state index contributed by atoms with van der Waals surface area (Å²) in [6.45, 7) is 0.730. The van der Waals surface area contributed by atoms with Crippen LogP contribution in [0.3, 0.4) is 0 Å². The summed E-state index contributed by atoms with van der Waals surface area (Å²) in [5.74, 6) is -0.259. The number of hydrogen-bond donors (Lipinski definition) is 2. The monoisotopic (exact) mass is 435 g/mol. The number of amides is 2. The molecule has 2 atom stereocenters. The van der Waals surface area contributed by atoms with E-state index >= 15 is 0 Å². The standard InChI is InChI=1S/C23H25F4N3O/c24-16-10-8-15(9-11-16)14-30-18-4-3-5-19(30)13-17(12-18)28-22(31)29-21-7-2-1-6-20(21)23(25,26)27/h1-2,6-11,17-19H,3-5,12-14H2,(H2,28,29,31)/t18-,19-/m0/s1. The first-order chi connectivity index (χ1) is 14.8. The molecule has 2 heterocycles. The van der Waals surface area contributed by atoms with E-state index in [0.29, 0.717) is 0 Å². The average Bonchev–Trinajstić information content (AvgIpc) is 2.70. The first-order valence-electron chi connectivity index (χ1n) is 10.5. The summed E-state index contributed by atoms with van der Waals surface area (Å²) in [6.07, 6.45) is 0.0839. The lowest BCUT2D eigenvalue weighted by Crippen LogP contribution is -2.56. The zero-order chi connectivity index (χ0) is 22.0. The van der Waals surface area contributed by atoms with Gasteiger partial charge in [-0.15, -0.1) is 0 Å². The van der Waals surface area contributed by atoms with Crippen LogP contribution < -0.4 is 10.6 Å². The molecule has 2 bridgehead atoms. The maximum atomic E-state index is 13.2. The van der Waals surface area contributed by atoms with Crippen molar-refractivity contribution >= 4 is 11.7 Å². The Morgan fingerprint density at radius 2 is 1.65 bits per heavy atom. The molecule has 2 aromatic rings. The van der Waals surface area contributed by atoms with E-state index in [4.69, 9.17) is 0 Å². The number of nitrogens with one attached hydrogen (secondary N) is 2. The number of fused-ring (bicyclic) bond motifs is 2. The second-order valence-corrected chi connectivity index (χ2v) is 8.35. The summed E-state index contributed by atoms with van der Waals surface area (Å²) in [5, 5.41) is 5.24. The molecule has 2 saturated heterocycles. The Kier molecular flexibility index (Phi) is 6.18. The molecule has 0 radical (unpaired) electrons. The summed E-state index contributed by atoms with van der Waals surface area (Å²) in [7, 11) is 0. The summed E-state index contributed by atoms with van der Waals surface area (Å²) >= 11 is 0. The normalized spacial score (nSPS) is 23.9. The molecule has 2 aromatic carbocycles. The second-order valence-electron chi connectivity index (χ2n) is 8.35. The Hall–Kier alpha value is -2.61. The van der Waals surface area contributed by atoms with Crippen molar-refractivity contribution in [2.24, 2.45) is 0 Å². The van der Waals surface area contributed by atoms with Crippen LogP contribution in [0.5, 0.6) is 0 Å². The summed E-state index contributed by atoms with van der Waals surface area (Å²) in [6, 6.07) is 11.3. The third-order valence-electron chi connectivity index (χ3n) is 6.22. The molecule has 2 aliphatic heterocycles. The fraction of sp³-hybridized carbons (Fsp3) is 0.435. The van der Waals surface area contributed by atoms with Gasteiger partial charge >= 0.3 is 12.2 Å². The van der Waals surface area contributed by atoms with E-state index in [1.54, 1.807) is 12.1 Å². The van der Waals surface area contributed by atoms with Crippen molar-refractivity contribution in [1.82, 2.24) is 10.2 Å². The van der Waals surface area contributed by atoms with Crippen LogP contribution in [0, 0.1) is 5.82 Å². The molecule has 2 aliphatic rings. The smallest absolute Gasteiger partial charge is 0.335 e. The minimum atomic E-state index is -4.54. The van der Waals surface area contributed by atoms with Gasteiger partial charge in [-0.2, -0.15) is 13.2 Å². The predicted molar refractivity (Wildman–Crippen MR) is 110 cm³/mol. The zero-order valence-corrected chi connectivity index (χ0v) is 17.0. The lowest BCUT2D eigenvalue weighted by Gasteiger charge is -2.49. The van der Waals surface area contributed by atoms with Gasteiger partial charge in [-0.25, -0.2) is 9.18 Å². The Morgan fingerprint density at radius 1 is 1.00 bits per heavy atom.